The van der Waals surface area contributed by atoms with Crippen molar-refractivity contribution in [1.29, 1.82) is 0 Å². The van der Waals surface area contributed by atoms with Crippen molar-refractivity contribution in [2.75, 3.05) is 0 Å². The van der Waals surface area contributed by atoms with E-state index in [9.17, 15) is 9.90 Å². The van der Waals surface area contributed by atoms with Gasteiger partial charge in [-0.1, -0.05) is 31.5 Å². The molecule has 1 aliphatic rings. The van der Waals surface area contributed by atoms with Crippen LogP contribution in [-0.4, -0.2) is 16.5 Å². The molecule has 0 saturated carbocycles. The molecule has 0 aliphatic heterocycles. The zero-order valence-electron chi connectivity index (χ0n) is 11.9. The Hall–Kier alpha value is -1.15. The maximum atomic E-state index is 12.7. The lowest BCUT2D eigenvalue weighted by molar-refractivity contribution is -0.0878. The van der Waals surface area contributed by atoms with Gasteiger partial charge in [0.25, 0.3) is 0 Å². The van der Waals surface area contributed by atoms with Gasteiger partial charge >= 0.3 is 0 Å². The zero-order valence-corrected chi connectivity index (χ0v) is 11.9. The summed E-state index contributed by atoms with van der Waals surface area (Å²) in [4.78, 5) is 12.7. The number of aryl methyl sites for hydroxylation is 1. The molecule has 1 aromatic carbocycles. The molecule has 0 spiro atoms. The molecule has 1 unspecified atom stereocenters. The molecule has 0 fully saturated rings. The number of rotatable bonds is 1. The summed E-state index contributed by atoms with van der Waals surface area (Å²) in [7, 11) is 0. The third kappa shape index (κ3) is 1.63. The number of aliphatic hydroxyl groups is 1. The van der Waals surface area contributed by atoms with Gasteiger partial charge in [0, 0.05) is 12.0 Å². The molecule has 0 heterocycles. The van der Waals surface area contributed by atoms with Gasteiger partial charge in [-0.05, 0) is 38.3 Å². The van der Waals surface area contributed by atoms with Gasteiger partial charge in [-0.15, -0.1) is 0 Å². The van der Waals surface area contributed by atoms with Crippen LogP contribution in [0.2, 0.25) is 0 Å². The van der Waals surface area contributed by atoms with E-state index in [1.54, 1.807) is 0 Å². The van der Waals surface area contributed by atoms with Crippen LogP contribution in [0, 0.1) is 18.3 Å². The molecule has 0 radical (unpaired) electrons. The molecule has 0 saturated heterocycles. The fourth-order valence-electron chi connectivity index (χ4n) is 3.03. The first-order valence-corrected chi connectivity index (χ1v) is 6.57. The highest BCUT2D eigenvalue weighted by Gasteiger charge is 2.54. The lowest BCUT2D eigenvalue weighted by Crippen LogP contribution is -2.57. The maximum absolute atomic E-state index is 12.7. The molecule has 1 aliphatic carbocycles. The molecule has 0 bridgehead atoms. The van der Waals surface area contributed by atoms with E-state index in [1.165, 1.54) is 0 Å². The Morgan fingerprint density at radius 2 is 1.89 bits per heavy atom. The third-order valence-corrected chi connectivity index (χ3v) is 4.58. The van der Waals surface area contributed by atoms with Crippen LogP contribution < -0.4 is 0 Å². The number of benzene rings is 1. The van der Waals surface area contributed by atoms with E-state index in [4.69, 9.17) is 0 Å². The van der Waals surface area contributed by atoms with E-state index in [0.717, 1.165) is 16.7 Å². The van der Waals surface area contributed by atoms with Crippen molar-refractivity contribution < 1.29 is 9.90 Å². The summed E-state index contributed by atoms with van der Waals surface area (Å²) in [5, 5.41) is 10.9. The van der Waals surface area contributed by atoms with Crippen LogP contribution in [0.5, 0.6) is 0 Å². The van der Waals surface area contributed by atoms with Crippen molar-refractivity contribution in [3.05, 3.63) is 34.9 Å². The first kappa shape index (κ1) is 13.3. The highest BCUT2D eigenvalue weighted by molar-refractivity contribution is 6.03. The van der Waals surface area contributed by atoms with E-state index < -0.39 is 11.0 Å². The minimum Gasteiger partial charge on any atom is -0.388 e. The maximum Gasteiger partial charge on any atom is 0.171 e. The second kappa shape index (κ2) is 3.92. The Morgan fingerprint density at radius 3 is 2.44 bits per heavy atom. The smallest absolute Gasteiger partial charge is 0.171 e. The largest absolute Gasteiger partial charge is 0.388 e. The molecule has 2 rings (SSSR count). The van der Waals surface area contributed by atoms with E-state index in [-0.39, 0.29) is 11.7 Å². The second-order valence-electron chi connectivity index (χ2n) is 6.37. The fourth-order valence-corrected chi connectivity index (χ4v) is 3.03. The molecule has 1 atom stereocenters. The van der Waals surface area contributed by atoms with Gasteiger partial charge in [0.05, 0.1) is 11.0 Å². The van der Waals surface area contributed by atoms with Crippen molar-refractivity contribution in [3.8, 4) is 0 Å². The topological polar surface area (TPSA) is 37.3 Å². The van der Waals surface area contributed by atoms with Crippen molar-refractivity contribution in [2.24, 2.45) is 11.3 Å². The first-order valence-electron chi connectivity index (χ1n) is 6.57. The Balaban J connectivity index is 2.63. The van der Waals surface area contributed by atoms with Crippen molar-refractivity contribution in [3.63, 3.8) is 0 Å². The molecular weight excluding hydrogens is 224 g/mol. The Morgan fingerprint density at radius 1 is 1.28 bits per heavy atom. The highest BCUT2D eigenvalue weighted by atomic mass is 16.3. The van der Waals surface area contributed by atoms with Gasteiger partial charge in [0.1, 0.15) is 0 Å². The summed E-state index contributed by atoms with van der Waals surface area (Å²) in [5.74, 6) is 0.106. The summed E-state index contributed by atoms with van der Waals surface area (Å²) in [5.41, 5.74) is 1.15. The minimum atomic E-state index is -0.966. The zero-order chi connectivity index (χ0) is 13.7. The molecule has 0 aromatic heterocycles. The molecule has 2 heteroatoms. The van der Waals surface area contributed by atoms with Gasteiger partial charge in [0.2, 0.25) is 0 Å². The highest BCUT2D eigenvalue weighted by Crippen LogP contribution is 2.46. The number of fused-ring (bicyclic) bond motifs is 1. The number of hydrogen-bond donors (Lipinski definition) is 1. The SMILES string of the molecule is Cc1ccc2c(c1)C(=O)C(C)(C)C(O)(C(C)C)C2. The van der Waals surface area contributed by atoms with Crippen molar-refractivity contribution in [2.45, 2.75) is 46.6 Å². The van der Waals surface area contributed by atoms with Crippen LogP contribution in [0.3, 0.4) is 0 Å². The average molecular weight is 246 g/mol. The number of Topliss-reactive ketones (excluding diaryl/α,β-unsaturated/α-hetero) is 1. The number of carbonyl (C=O) groups excluding carboxylic acids is 1. The Bertz CT molecular complexity index is 500. The standard InChI is InChI=1S/C16H22O2/c1-10(2)16(18)9-12-7-6-11(3)8-13(12)14(17)15(16,4)5/h6-8,10,18H,9H2,1-5H3. The van der Waals surface area contributed by atoms with Crippen LogP contribution in [-0.2, 0) is 6.42 Å². The lowest BCUT2D eigenvalue weighted by Gasteiger charge is -2.48. The number of ketones is 1. The quantitative estimate of drug-likeness (QED) is 0.826. The van der Waals surface area contributed by atoms with Crippen LogP contribution in [0.4, 0.5) is 0 Å². The van der Waals surface area contributed by atoms with Gasteiger partial charge in [-0.25, -0.2) is 0 Å². The molecule has 2 nitrogen and oxygen atoms in total. The summed E-state index contributed by atoms with van der Waals surface area (Å²) in [6, 6.07) is 5.93. The van der Waals surface area contributed by atoms with Gasteiger partial charge < -0.3 is 5.11 Å². The van der Waals surface area contributed by atoms with Gasteiger partial charge in [0.15, 0.2) is 5.78 Å². The molecule has 0 amide bonds. The summed E-state index contributed by atoms with van der Waals surface area (Å²) in [6.45, 7) is 9.67. The second-order valence-corrected chi connectivity index (χ2v) is 6.37. The normalized spacial score (nSPS) is 26.3. The summed E-state index contributed by atoms with van der Waals surface area (Å²) < 4.78 is 0. The average Bonchev–Trinajstić information content (AvgIpc) is 2.28. The molecule has 1 N–H and O–H groups in total. The Labute approximate surface area is 109 Å². The van der Waals surface area contributed by atoms with Crippen molar-refractivity contribution >= 4 is 5.78 Å². The predicted octanol–water partition coefficient (Wildman–Crippen LogP) is 3.15. The van der Waals surface area contributed by atoms with E-state index in [1.807, 2.05) is 52.8 Å². The minimum absolute atomic E-state index is 0.0471. The predicted molar refractivity (Wildman–Crippen MR) is 72.8 cm³/mol. The lowest BCUT2D eigenvalue weighted by atomic mass is 9.59. The first-order chi connectivity index (χ1) is 8.20. The van der Waals surface area contributed by atoms with Crippen LogP contribution >= 0.6 is 0 Å². The van der Waals surface area contributed by atoms with Crippen LogP contribution in [0.15, 0.2) is 18.2 Å². The fraction of sp³-hybridized carbons (Fsp3) is 0.562. The monoisotopic (exact) mass is 246 g/mol. The molecule has 1 aromatic rings. The number of carbonyl (C=O) groups is 1. The van der Waals surface area contributed by atoms with Gasteiger partial charge in [-0.3, -0.25) is 4.79 Å². The molecule has 98 valence electrons. The van der Waals surface area contributed by atoms with Crippen molar-refractivity contribution in [1.82, 2.24) is 0 Å². The van der Waals surface area contributed by atoms with E-state index >= 15 is 0 Å². The van der Waals surface area contributed by atoms with Gasteiger partial charge in [-0.2, -0.15) is 0 Å². The number of hydrogen-bond acceptors (Lipinski definition) is 2. The Kier molecular flexibility index (Phi) is 2.90. The van der Waals surface area contributed by atoms with E-state index in [2.05, 4.69) is 0 Å². The molecule has 18 heavy (non-hydrogen) atoms. The van der Waals surface area contributed by atoms with Crippen LogP contribution in [0.25, 0.3) is 0 Å². The molecular formula is C16H22O2. The third-order valence-electron chi connectivity index (χ3n) is 4.58. The van der Waals surface area contributed by atoms with Crippen LogP contribution in [0.1, 0.15) is 49.2 Å². The summed E-state index contributed by atoms with van der Waals surface area (Å²) in [6.07, 6.45) is 0.555. The van der Waals surface area contributed by atoms with E-state index in [0.29, 0.717) is 6.42 Å². The summed E-state index contributed by atoms with van der Waals surface area (Å²) >= 11 is 0.